The van der Waals surface area contributed by atoms with Gasteiger partial charge in [-0.2, -0.15) is 0 Å². The SMILES string of the molecule is Fc1cc(-c2cnc(C3CCCN3)[nH]2)cc2c1-c1cc3cc(-c4cnc(C5CCCN5)[nH]4)ccc3n1[C@H](c1cnc(C3CC3)s1)O2. The second kappa shape index (κ2) is 10.3. The van der Waals surface area contributed by atoms with Crippen LogP contribution in [-0.4, -0.2) is 42.6 Å². The molecule has 2 unspecified atom stereocenters. The van der Waals surface area contributed by atoms with Gasteiger partial charge in [0, 0.05) is 28.6 Å². The number of nitrogens with zero attached hydrogens (tertiary/aromatic N) is 4. The minimum absolute atomic E-state index is 0.206. The van der Waals surface area contributed by atoms with Crippen LogP contribution >= 0.6 is 11.3 Å². The van der Waals surface area contributed by atoms with Crippen LogP contribution in [0.1, 0.15) is 84.3 Å². The monoisotopic (exact) mass is 632 g/mol. The van der Waals surface area contributed by atoms with Gasteiger partial charge in [-0.3, -0.25) is 4.57 Å². The molecule has 0 spiro atoms. The number of H-pyrrole nitrogens is 2. The molecular weight excluding hydrogens is 600 g/mol. The van der Waals surface area contributed by atoms with Gasteiger partial charge in [0.2, 0.25) is 6.23 Å². The van der Waals surface area contributed by atoms with Crippen molar-refractivity contribution in [3.63, 3.8) is 0 Å². The number of aromatic nitrogens is 6. The third-order valence-electron chi connectivity index (χ3n) is 9.93. The molecule has 0 radical (unpaired) electrons. The molecule has 7 heterocycles. The molecule has 3 atom stereocenters. The molecule has 3 aliphatic heterocycles. The van der Waals surface area contributed by atoms with Crippen molar-refractivity contribution in [2.24, 2.45) is 0 Å². The summed E-state index contributed by atoms with van der Waals surface area (Å²) in [6.45, 7) is 2.01. The molecule has 11 heteroatoms. The minimum atomic E-state index is -0.460. The summed E-state index contributed by atoms with van der Waals surface area (Å²) in [4.78, 5) is 22.1. The molecule has 6 aromatic rings. The number of benzene rings is 2. The highest BCUT2D eigenvalue weighted by atomic mass is 32.1. The van der Waals surface area contributed by atoms with Crippen molar-refractivity contribution in [2.75, 3.05) is 13.1 Å². The zero-order chi connectivity index (χ0) is 30.4. The van der Waals surface area contributed by atoms with Crippen LogP contribution in [0.3, 0.4) is 0 Å². The Hall–Kier alpha value is -4.32. The van der Waals surface area contributed by atoms with Crippen molar-refractivity contribution in [1.29, 1.82) is 0 Å². The van der Waals surface area contributed by atoms with E-state index in [2.05, 4.69) is 59.4 Å². The molecule has 2 aromatic carbocycles. The van der Waals surface area contributed by atoms with Crippen LogP contribution in [-0.2, 0) is 0 Å². The number of nitrogens with one attached hydrogen (secondary N) is 4. The highest BCUT2D eigenvalue weighted by Crippen LogP contribution is 2.49. The molecule has 46 heavy (non-hydrogen) atoms. The molecule has 1 aliphatic carbocycles. The summed E-state index contributed by atoms with van der Waals surface area (Å²) in [5, 5.41) is 9.17. The number of thiazole rings is 1. The Morgan fingerprint density at radius 1 is 0.804 bits per heavy atom. The lowest BCUT2D eigenvalue weighted by molar-refractivity contribution is 0.176. The lowest BCUT2D eigenvalue weighted by atomic mass is 10.0. The van der Waals surface area contributed by atoms with Gasteiger partial charge in [-0.1, -0.05) is 6.07 Å². The van der Waals surface area contributed by atoms with Crippen LogP contribution in [0.5, 0.6) is 5.75 Å². The molecule has 232 valence electrons. The quantitative estimate of drug-likeness (QED) is 0.153. The summed E-state index contributed by atoms with van der Waals surface area (Å²) in [5.74, 6) is 2.61. The number of imidazole rings is 2. The Morgan fingerprint density at radius 2 is 1.54 bits per heavy atom. The van der Waals surface area contributed by atoms with E-state index in [4.69, 9.17) is 9.72 Å². The Balaban J connectivity index is 1.08. The Bertz CT molecular complexity index is 2110. The highest BCUT2D eigenvalue weighted by molar-refractivity contribution is 7.11. The molecule has 3 fully saturated rings. The zero-order valence-electron chi connectivity index (χ0n) is 25.1. The maximum atomic E-state index is 16.3. The van der Waals surface area contributed by atoms with Crippen LogP contribution in [0.25, 0.3) is 44.7 Å². The number of halogens is 1. The van der Waals surface area contributed by atoms with Gasteiger partial charge in [0.05, 0.1) is 62.5 Å². The second-order valence-electron chi connectivity index (χ2n) is 13.0. The Morgan fingerprint density at radius 3 is 2.24 bits per heavy atom. The van der Waals surface area contributed by atoms with Gasteiger partial charge in [-0.15, -0.1) is 11.3 Å². The summed E-state index contributed by atoms with van der Waals surface area (Å²) in [7, 11) is 0. The normalized spacial score (nSPS) is 22.3. The standard InChI is InChI=1S/C35H33FN8OS/c36-22-12-20(26-16-40-33(43-26)24-4-2-10-38-24)14-29-31(22)28-13-21-11-19(25-15-39-32(42-25)23-3-1-9-37-23)7-8-27(21)44(28)35(45-29)30-17-41-34(46-30)18-5-6-18/h7-8,11-18,23-24,35,37-38H,1-6,9-10H2,(H,39,42)(H,40,43)/t23?,24?,35-/m0/s1. The van der Waals surface area contributed by atoms with E-state index in [9.17, 15) is 0 Å². The highest BCUT2D eigenvalue weighted by Gasteiger charge is 2.35. The average Bonchev–Trinajstić information content (AvgIpc) is 3.79. The van der Waals surface area contributed by atoms with Crippen LogP contribution in [0.2, 0.25) is 0 Å². The molecule has 2 saturated heterocycles. The Kier molecular flexibility index (Phi) is 6.04. The van der Waals surface area contributed by atoms with Gasteiger partial charge in [0.15, 0.2) is 0 Å². The van der Waals surface area contributed by atoms with Crippen molar-refractivity contribution in [3.05, 3.63) is 82.3 Å². The van der Waals surface area contributed by atoms with Crippen molar-refractivity contribution < 1.29 is 9.13 Å². The van der Waals surface area contributed by atoms with Gasteiger partial charge >= 0.3 is 0 Å². The van der Waals surface area contributed by atoms with E-state index in [1.165, 1.54) is 12.8 Å². The lowest BCUT2D eigenvalue weighted by Crippen LogP contribution is -2.22. The molecule has 9 nitrogen and oxygen atoms in total. The molecule has 4 N–H and O–H groups in total. The molecule has 1 saturated carbocycles. The third-order valence-corrected chi connectivity index (χ3v) is 11.1. The van der Waals surface area contributed by atoms with E-state index >= 15 is 4.39 Å². The number of hydrogen-bond acceptors (Lipinski definition) is 7. The summed E-state index contributed by atoms with van der Waals surface area (Å²) in [5.41, 5.74) is 5.76. The molecule has 0 amide bonds. The maximum absolute atomic E-state index is 16.3. The van der Waals surface area contributed by atoms with E-state index < -0.39 is 6.23 Å². The van der Waals surface area contributed by atoms with E-state index in [1.54, 1.807) is 23.6 Å². The number of fused-ring (bicyclic) bond motifs is 5. The summed E-state index contributed by atoms with van der Waals surface area (Å²) in [6, 6.07) is 12.5. The fourth-order valence-corrected chi connectivity index (χ4v) is 8.49. The van der Waals surface area contributed by atoms with Gasteiger partial charge < -0.3 is 25.3 Å². The lowest BCUT2D eigenvalue weighted by Gasteiger charge is -2.29. The largest absolute Gasteiger partial charge is 0.464 e. The summed E-state index contributed by atoms with van der Waals surface area (Å²) < 4.78 is 25.2. The van der Waals surface area contributed by atoms with E-state index in [0.29, 0.717) is 22.8 Å². The first-order valence-corrected chi connectivity index (χ1v) is 17.2. The van der Waals surface area contributed by atoms with E-state index in [-0.39, 0.29) is 17.9 Å². The van der Waals surface area contributed by atoms with Crippen LogP contribution < -0.4 is 15.4 Å². The van der Waals surface area contributed by atoms with Gasteiger partial charge in [0.25, 0.3) is 0 Å². The van der Waals surface area contributed by atoms with E-state index in [0.717, 1.165) is 93.9 Å². The second-order valence-corrected chi connectivity index (χ2v) is 14.1. The first-order valence-electron chi connectivity index (χ1n) is 16.3. The van der Waals surface area contributed by atoms with Crippen LogP contribution in [0.4, 0.5) is 4.39 Å². The Labute approximate surface area is 268 Å². The van der Waals surface area contributed by atoms with Gasteiger partial charge in [0.1, 0.15) is 23.2 Å². The molecule has 0 bridgehead atoms. The minimum Gasteiger partial charge on any atom is -0.464 e. The number of rotatable bonds is 6. The topological polar surface area (TPSA) is 108 Å². The number of ether oxygens (including phenoxy) is 1. The van der Waals surface area contributed by atoms with Gasteiger partial charge in [-0.05, 0) is 81.9 Å². The predicted molar refractivity (Wildman–Crippen MR) is 175 cm³/mol. The summed E-state index contributed by atoms with van der Waals surface area (Å²) in [6.07, 6.45) is 12.0. The molecule has 4 aromatic heterocycles. The summed E-state index contributed by atoms with van der Waals surface area (Å²) >= 11 is 1.70. The average molecular weight is 633 g/mol. The van der Waals surface area contributed by atoms with Crippen LogP contribution in [0.15, 0.2) is 55.0 Å². The number of aromatic amines is 2. The van der Waals surface area contributed by atoms with Crippen LogP contribution in [0, 0.1) is 5.82 Å². The van der Waals surface area contributed by atoms with E-state index in [1.807, 2.05) is 18.5 Å². The van der Waals surface area contributed by atoms with Gasteiger partial charge in [-0.25, -0.2) is 19.3 Å². The van der Waals surface area contributed by atoms with Crippen molar-refractivity contribution in [3.8, 4) is 39.5 Å². The maximum Gasteiger partial charge on any atom is 0.213 e. The fourth-order valence-electron chi connectivity index (χ4n) is 7.38. The number of hydrogen-bond donors (Lipinski definition) is 4. The third kappa shape index (κ3) is 4.36. The molecule has 4 aliphatic rings. The van der Waals surface area contributed by atoms with Crippen molar-refractivity contribution in [2.45, 2.75) is 62.8 Å². The van der Waals surface area contributed by atoms with Crippen molar-refractivity contribution >= 4 is 22.2 Å². The predicted octanol–water partition coefficient (Wildman–Crippen LogP) is 7.35. The fraction of sp³-hybridized carbons (Fsp3) is 0.343. The van der Waals surface area contributed by atoms with Crippen molar-refractivity contribution in [1.82, 2.24) is 40.1 Å². The smallest absolute Gasteiger partial charge is 0.213 e. The molecule has 10 rings (SSSR count). The first-order chi connectivity index (χ1) is 22.7. The molecular formula is C35H33FN8OS. The first kappa shape index (κ1) is 26.9. The zero-order valence-corrected chi connectivity index (χ0v) is 26.0.